The Balaban J connectivity index is 2.94. The molecule has 1 heterocycles. The minimum atomic E-state index is -4.25. The Morgan fingerprint density at radius 2 is 2.00 bits per heavy atom. The topological polar surface area (TPSA) is 41.1 Å². The Hall–Kier alpha value is -1.53. The monoisotopic (exact) mass is 248 g/mol. The first-order valence-electron chi connectivity index (χ1n) is 5.18. The summed E-state index contributed by atoms with van der Waals surface area (Å²) in [6.45, 7) is 3.21. The van der Waals surface area contributed by atoms with E-state index in [2.05, 4.69) is 15.3 Å². The fourth-order valence-corrected chi connectivity index (χ4v) is 1.52. The maximum Gasteiger partial charge on any atom is 0.405 e. The number of alkyl halides is 3. The van der Waals surface area contributed by atoms with Crippen molar-refractivity contribution in [2.45, 2.75) is 20.0 Å². The van der Waals surface area contributed by atoms with Crippen LogP contribution in [-0.2, 0) is 0 Å². The van der Waals surface area contributed by atoms with Crippen LogP contribution in [0, 0.1) is 6.92 Å². The van der Waals surface area contributed by atoms with E-state index < -0.39 is 12.7 Å². The molecule has 0 bridgehead atoms. The molecule has 0 unspecified atom stereocenters. The number of nitrogens with zero attached hydrogens (tertiary/aromatic N) is 3. The predicted octanol–water partition coefficient (Wildman–Crippen LogP) is 2.22. The molecule has 1 N–H and O–H groups in total. The molecular formula is C10H15F3N4. The van der Waals surface area contributed by atoms with Crippen LogP contribution in [0.4, 0.5) is 24.8 Å². The molecule has 0 radical (unpaired) electrons. The maximum atomic E-state index is 12.3. The standard InChI is InChI=1S/C10H15F3N4/c1-4-14-8-7(2)9(16-6-15-8)17(3)5-10(11,12)13/h6H,4-5H2,1-3H3,(H,14,15,16). The number of halogens is 3. The highest BCUT2D eigenvalue weighted by Crippen LogP contribution is 2.24. The Morgan fingerprint density at radius 1 is 1.35 bits per heavy atom. The molecule has 0 aliphatic rings. The molecule has 0 aromatic carbocycles. The molecule has 0 aliphatic carbocycles. The molecule has 1 rings (SSSR count). The summed E-state index contributed by atoms with van der Waals surface area (Å²) in [7, 11) is 1.36. The molecule has 1 aromatic rings. The molecule has 1 aromatic heterocycles. The predicted molar refractivity (Wildman–Crippen MR) is 60.3 cm³/mol. The van der Waals surface area contributed by atoms with Gasteiger partial charge in [-0.3, -0.25) is 0 Å². The zero-order valence-electron chi connectivity index (χ0n) is 9.97. The van der Waals surface area contributed by atoms with Gasteiger partial charge in [-0.15, -0.1) is 0 Å². The van der Waals surface area contributed by atoms with Gasteiger partial charge in [-0.25, -0.2) is 9.97 Å². The third-order valence-electron chi connectivity index (χ3n) is 2.18. The lowest BCUT2D eigenvalue weighted by Gasteiger charge is -2.22. The molecule has 0 spiro atoms. The van der Waals surface area contributed by atoms with Crippen LogP contribution in [0.15, 0.2) is 6.33 Å². The zero-order chi connectivity index (χ0) is 13.1. The Morgan fingerprint density at radius 3 is 2.53 bits per heavy atom. The highest BCUT2D eigenvalue weighted by atomic mass is 19.4. The van der Waals surface area contributed by atoms with Gasteiger partial charge in [-0.2, -0.15) is 13.2 Å². The van der Waals surface area contributed by atoms with Gasteiger partial charge in [-0.1, -0.05) is 0 Å². The number of aromatic nitrogens is 2. The number of anilines is 2. The smallest absolute Gasteiger partial charge is 0.370 e. The number of nitrogens with one attached hydrogen (secondary N) is 1. The molecule has 7 heteroatoms. The largest absolute Gasteiger partial charge is 0.405 e. The van der Waals surface area contributed by atoms with E-state index in [-0.39, 0.29) is 5.82 Å². The van der Waals surface area contributed by atoms with Gasteiger partial charge in [0.1, 0.15) is 24.5 Å². The number of hydrogen-bond acceptors (Lipinski definition) is 4. The first kappa shape index (κ1) is 13.5. The highest BCUT2D eigenvalue weighted by Gasteiger charge is 2.30. The second-order valence-electron chi connectivity index (χ2n) is 3.67. The molecule has 0 saturated carbocycles. The van der Waals surface area contributed by atoms with Gasteiger partial charge in [0, 0.05) is 19.2 Å². The molecule has 0 saturated heterocycles. The molecule has 17 heavy (non-hydrogen) atoms. The van der Waals surface area contributed by atoms with Crippen molar-refractivity contribution in [2.24, 2.45) is 0 Å². The van der Waals surface area contributed by atoms with Gasteiger partial charge >= 0.3 is 6.18 Å². The van der Waals surface area contributed by atoms with Crippen molar-refractivity contribution in [3.63, 3.8) is 0 Å². The average molecular weight is 248 g/mol. The van der Waals surface area contributed by atoms with E-state index in [4.69, 9.17) is 0 Å². The summed E-state index contributed by atoms with van der Waals surface area (Å²) in [6, 6.07) is 0. The van der Waals surface area contributed by atoms with Crippen LogP contribution in [0.2, 0.25) is 0 Å². The van der Waals surface area contributed by atoms with Gasteiger partial charge in [-0.05, 0) is 13.8 Å². The van der Waals surface area contributed by atoms with Crippen LogP contribution in [-0.4, -0.2) is 36.3 Å². The molecular weight excluding hydrogens is 233 g/mol. The van der Waals surface area contributed by atoms with E-state index in [1.54, 1.807) is 6.92 Å². The van der Waals surface area contributed by atoms with Crippen molar-refractivity contribution < 1.29 is 13.2 Å². The van der Waals surface area contributed by atoms with Crippen molar-refractivity contribution in [2.75, 3.05) is 30.4 Å². The van der Waals surface area contributed by atoms with Crippen LogP contribution in [0.3, 0.4) is 0 Å². The van der Waals surface area contributed by atoms with E-state index in [0.717, 1.165) is 4.90 Å². The summed E-state index contributed by atoms with van der Waals surface area (Å²) in [4.78, 5) is 8.92. The Bertz CT molecular complexity index is 378. The van der Waals surface area contributed by atoms with Crippen LogP contribution < -0.4 is 10.2 Å². The fraction of sp³-hybridized carbons (Fsp3) is 0.600. The highest BCUT2D eigenvalue weighted by molar-refractivity contribution is 5.57. The maximum absolute atomic E-state index is 12.3. The molecule has 0 atom stereocenters. The van der Waals surface area contributed by atoms with Crippen molar-refractivity contribution in [1.82, 2.24) is 9.97 Å². The van der Waals surface area contributed by atoms with Gasteiger partial charge in [0.15, 0.2) is 0 Å². The van der Waals surface area contributed by atoms with Crippen molar-refractivity contribution in [1.29, 1.82) is 0 Å². The minimum absolute atomic E-state index is 0.285. The summed E-state index contributed by atoms with van der Waals surface area (Å²) >= 11 is 0. The zero-order valence-corrected chi connectivity index (χ0v) is 9.97. The van der Waals surface area contributed by atoms with Gasteiger partial charge in [0.25, 0.3) is 0 Å². The van der Waals surface area contributed by atoms with E-state index in [0.29, 0.717) is 17.9 Å². The number of rotatable bonds is 4. The third-order valence-corrected chi connectivity index (χ3v) is 2.18. The normalized spacial score (nSPS) is 11.4. The molecule has 0 aliphatic heterocycles. The van der Waals surface area contributed by atoms with E-state index in [1.165, 1.54) is 13.4 Å². The second-order valence-corrected chi connectivity index (χ2v) is 3.67. The summed E-state index contributed by atoms with van der Waals surface area (Å²) in [5.74, 6) is 0.847. The van der Waals surface area contributed by atoms with Crippen molar-refractivity contribution in [3.05, 3.63) is 11.9 Å². The van der Waals surface area contributed by atoms with Gasteiger partial charge in [0.2, 0.25) is 0 Å². The second kappa shape index (κ2) is 5.20. The lowest BCUT2D eigenvalue weighted by Crippen LogP contribution is -2.32. The summed E-state index contributed by atoms with van der Waals surface area (Å²) < 4.78 is 36.8. The lowest BCUT2D eigenvalue weighted by atomic mass is 10.3. The van der Waals surface area contributed by atoms with E-state index in [9.17, 15) is 13.2 Å². The third kappa shape index (κ3) is 3.76. The molecule has 0 fully saturated rings. The molecule has 96 valence electrons. The van der Waals surface area contributed by atoms with Crippen LogP contribution in [0.5, 0.6) is 0 Å². The summed E-state index contributed by atoms with van der Waals surface area (Å²) in [6.07, 6.45) is -2.99. The SMILES string of the molecule is CCNc1ncnc(N(C)CC(F)(F)F)c1C. The summed E-state index contributed by atoms with van der Waals surface area (Å²) in [5, 5.41) is 2.97. The first-order valence-corrected chi connectivity index (χ1v) is 5.18. The molecule has 0 amide bonds. The minimum Gasteiger partial charge on any atom is -0.370 e. The van der Waals surface area contributed by atoms with Gasteiger partial charge < -0.3 is 10.2 Å². The Kier molecular flexibility index (Phi) is 4.14. The van der Waals surface area contributed by atoms with Crippen molar-refractivity contribution in [3.8, 4) is 0 Å². The fourth-order valence-electron chi connectivity index (χ4n) is 1.52. The average Bonchev–Trinajstić information content (AvgIpc) is 2.18. The van der Waals surface area contributed by atoms with Crippen LogP contribution in [0.1, 0.15) is 12.5 Å². The Labute approximate surface area is 97.9 Å². The van der Waals surface area contributed by atoms with E-state index >= 15 is 0 Å². The number of hydrogen-bond donors (Lipinski definition) is 1. The van der Waals surface area contributed by atoms with Crippen LogP contribution >= 0.6 is 0 Å². The quantitative estimate of drug-likeness (QED) is 0.887. The van der Waals surface area contributed by atoms with Crippen molar-refractivity contribution >= 4 is 11.6 Å². The molecule has 4 nitrogen and oxygen atoms in total. The van der Waals surface area contributed by atoms with Crippen LogP contribution in [0.25, 0.3) is 0 Å². The first-order chi connectivity index (χ1) is 7.85. The summed E-state index contributed by atoms with van der Waals surface area (Å²) in [5.41, 5.74) is 0.612. The van der Waals surface area contributed by atoms with Gasteiger partial charge in [0.05, 0.1) is 0 Å². The van der Waals surface area contributed by atoms with E-state index in [1.807, 2.05) is 6.92 Å². The lowest BCUT2D eigenvalue weighted by molar-refractivity contribution is -0.119.